The van der Waals surface area contributed by atoms with Crippen molar-refractivity contribution >= 4 is 34.8 Å². The fourth-order valence-corrected chi connectivity index (χ4v) is 5.58. The van der Waals surface area contributed by atoms with Crippen LogP contribution < -0.4 is 10.6 Å². The molecule has 9 heteroatoms. The molecule has 3 N–H and O–H groups in total. The van der Waals surface area contributed by atoms with E-state index in [0.29, 0.717) is 30.6 Å². The molecule has 1 aromatic heterocycles. The van der Waals surface area contributed by atoms with Gasteiger partial charge in [-0.2, -0.15) is 0 Å². The zero-order valence-corrected chi connectivity index (χ0v) is 25.7. The summed E-state index contributed by atoms with van der Waals surface area (Å²) in [6, 6.07) is 23.9. The van der Waals surface area contributed by atoms with E-state index in [9.17, 15) is 14.7 Å². The minimum absolute atomic E-state index is 0.0857. The van der Waals surface area contributed by atoms with Gasteiger partial charge in [-0.25, -0.2) is 4.98 Å². The maximum absolute atomic E-state index is 13.4. The van der Waals surface area contributed by atoms with Crippen LogP contribution in [0.4, 0.5) is 0 Å². The molecule has 3 atom stereocenters. The highest BCUT2D eigenvalue weighted by Gasteiger charge is 2.23. The van der Waals surface area contributed by atoms with Crippen LogP contribution in [-0.2, 0) is 19.5 Å². The predicted octanol–water partition coefficient (Wildman–Crippen LogP) is 5.52. The number of rotatable bonds is 13. The first-order valence-electron chi connectivity index (χ1n) is 13.9. The molecule has 0 bridgehead atoms. The summed E-state index contributed by atoms with van der Waals surface area (Å²) in [5.74, 6) is -0.554. The number of alkyl halides is 1. The molecule has 0 spiro atoms. The lowest BCUT2D eigenvalue weighted by molar-refractivity contribution is 0.0784. The second-order valence-electron chi connectivity index (χ2n) is 10.5. The number of nitrogens with zero attached hydrogens (tertiary/aromatic N) is 2. The van der Waals surface area contributed by atoms with Crippen LogP contribution in [0, 0.1) is 6.92 Å². The fourth-order valence-electron chi connectivity index (χ4n) is 4.62. The lowest BCUT2D eigenvalue weighted by Gasteiger charge is -2.25. The number of carbonyl (C=O) groups is 2. The van der Waals surface area contributed by atoms with Crippen LogP contribution in [0.25, 0.3) is 0 Å². The smallest absolute Gasteiger partial charge is 0.253 e. The van der Waals surface area contributed by atoms with Crippen LogP contribution in [0.3, 0.4) is 0 Å². The summed E-state index contributed by atoms with van der Waals surface area (Å²) in [5.41, 5.74) is 4.78. The number of aliphatic hydroxyl groups excluding tert-OH is 1. The van der Waals surface area contributed by atoms with Crippen molar-refractivity contribution in [1.82, 2.24) is 20.5 Å². The lowest BCUT2D eigenvalue weighted by Crippen LogP contribution is -2.48. The minimum Gasteiger partial charge on any atom is -0.390 e. The first kappa shape index (κ1) is 31.4. The number of hydrogen-bond donors (Lipinski definition) is 3. The molecular weight excluding hydrogens is 568 g/mol. The molecule has 7 nitrogen and oxygen atoms in total. The van der Waals surface area contributed by atoms with Crippen molar-refractivity contribution in [2.45, 2.75) is 50.9 Å². The molecule has 0 fully saturated rings. The van der Waals surface area contributed by atoms with Gasteiger partial charge in [0.25, 0.3) is 11.8 Å². The van der Waals surface area contributed by atoms with Gasteiger partial charge in [0.05, 0.1) is 24.1 Å². The molecule has 0 radical (unpaired) electrons. The van der Waals surface area contributed by atoms with Crippen LogP contribution in [0.2, 0.25) is 0 Å². The van der Waals surface area contributed by atoms with Gasteiger partial charge >= 0.3 is 0 Å². The average molecular weight is 605 g/mol. The number of carbonyl (C=O) groups excluding carboxylic acids is 2. The van der Waals surface area contributed by atoms with Crippen molar-refractivity contribution in [3.05, 3.63) is 123 Å². The highest BCUT2D eigenvalue weighted by molar-refractivity contribution is 7.09. The molecule has 0 aliphatic rings. The molecule has 4 aromatic rings. The fraction of sp³-hybridized carbons (Fsp3) is 0.303. The van der Waals surface area contributed by atoms with Gasteiger partial charge in [-0.3, -0.25) is 9.59 Å². The van der Waals surface area contributed by atoms with Gasteiger partial charge < -0.3 is 20.6 Å². The zero-order valence-electron chi connectivity index (χ0n) is 24.1. The van der Waals surface area contributed by atoms with Crippen molar-refractivity contribution in [3.8, 4) is 0 Å². The van der Waals surface area contributed by atoms with Crippen molar-refractivity contribution in [3.63, 3.8) is 0 Å². The average Bonchev–Trinajstić information content (AvgIpc) is 3.41. The Labute approximate surface area is 256 Å². The van der Waals surface area contributed by atoms with E-state index in [0.717, 1.165) is 27.4 Å². The molecule has 0 aliphatic carbocycles. The van der Waals surface area contributed by atoms with E-state index in [2.05, 4.69) is 15.6 Å². The summed E-state index contributed by atoms with van der Waals surface area (Å²) in [7, 11) is 1.72. The monoisotopic (exact) mass is 604 g/mol. The van der Waals surface area contributed by atoms with Gasteiger partial charge in [0.2, 0.25) is 0 Å². The van der Waals surface area contributed by atoms with Crippen molar-refractivity contribution in [1.29, 1.82) is 0 Å². The molecule has 2 amide bonds. The Balaban J connectivity index is 1.42. The third-order valence-corrected chi connectivity index (χ3v) is 8.13. The maximum Gasteiger partial charge on any atom is 0.253 e. The number of benzene rings is 3. The highest BCUT2D eigenvalue weighted by Crippen LogP contribution is 2.20. The number of thiazole rings is 1. The Kier molecular flexibility index (Phi) is 11.3. The van der Waals surface area contributed by atoms with E-state index < -0.39 is 12.1 Å². The van der Waals surface area contributed by atoms with Crippen LogP contribution in [-0.4, -0.2) is 52.5 Å². The van der Waals surface area contributed by atoms with Crippen molar-refractivity contribution in [2.24, 2.45) is 0 Å². The van der Waals surface area contributed by atoms with Gasteiger partial charge in [-0.05, 0) is 55.2 Å². The van der Waals surface area contributed by atoms with Gasteiger partial charge in [-0.15, -0.1) is 22.9 Å². The molecule has 3 aromatic carbocycles. The third kappa shape index (κ3) is 8.97. The molecular formula is C33H37ClN4O3S. The quantitative estimate of drug-likeness (QED) is 0.175. The summed E-state index contributed by atoms with van der Waals surface area (Å²) in [6.45, 7) is 5.07. The lowest BCUT2D eigenvalue weighted by atomic mass is 10.00. The first-order valence-corrected chi connectivity index (χ1v) is 15.2. The Morgan fingerprint density at radius 1 is 1.00 bits per heavy atom. The van der Waals surface area contributed by atoms with Crippen molar-refractivity contribution < 1.29 is 14.7 Å². The summed E-state index contributed by atoms with van der Waals surface area (Å²) in [6.07, 6.45) is -0.412. The largest absolute Gasteiger partial charge is 0.390 e. The molecule has 0 saturated carbocycles. The number of aryl methyl sites for hydroxylation is 1. The number of nitrogens with one attached hydrogen (secondary N) is 2. The normalized spacial score (nSPS) is 13.3. The van der Waals surface area contributed by atoms with E-state index in [1.165, 1.54) is 11.3 Å². The second kappa shape index (κ2) is 15.1. The Morgan fingerprint density at radius 3 is 2.43 bits per heavy atom. The Bertz CT molecular complexity index is 1480. The number of halogens is 1. The number of aliphatic hydroxyl groups is 1. The number of hydrogen-bond acceptors (Lipinski definition) is 6. The number of aromatic nitrogens is 1. The molecule has 0 aliphatic heterocycles. The second-order valence-corrected chi connectivity index (χ2v) is 12.1. The van der Waals surface area contributed by atoms with Crippen LogP contribution in [0.5, 0.6) is 0 Å². The summed E-state index contributed by atoms with van der Waals surface area (Å²) in [4.78, 5) is 32.5. The minimum atomic E-state index is -0.859. The standard InChI is InChI=1S/C33H37ClN4O3S/c1-22-21-42-31(36-22)20-38(3)33(41)28-14-8-13-27(17-28)32(40)37-29(16-24-9-5-4-6-10-24)30(39)19-35-18-25-11-7-12-26(15-25)23(2)34/h4-15,17,21,23,29-30,35,39H,16,18-20H2,1-3H3,(H,37,40)/t23?,29-,30+/m0/s1. The van der Waals surface area contributed by atoms with E-state index >= 15 is 0 Å². The van der Waals surface area contributed by atoms with Crippen LogP contribution in [0.15, 0.2) is 84.2 Å². The predicted molar refractivity (Wildman–Crippen MR) is 169 cm³/mol. The molecule has 1 unspecified atom stereocenters. The molecule has 0 saturated heterocycles. The van der Waals surface area contributed by atoms with Gasteiger partial charge in [0, 0.05) is 42.3 Å². The Morgan fingerprint density at radius 2 is 1.71 bits per heavy atom. The molecule has 42 heavy (non-hydrogen) atoms. The van der Waals surface area contributed by atoms with Gasteiger partial charge in [0.15, 0.2) is 0 Å². The van der Waals surface area contributed by atoms with E-state index in [-0.39, 0.29) is 23.7 Å². The van der Waals surface area contributed by atoms with E-state index in [1.807, 2.05) is 73.8 Å². The maximum atomic E-state index is 13.4. The van der Waals surface area contributed by atoms with Crippen LogP contribution in [0.1, 0.15) is 60.4 Å². The third-order valence-electron chi connectivity index (χ3n) is 6.93. The molecule has 4 rings (SSSR count). The van der Waals surface area contributed by atoms with Crippen molar-refractivity contribution in [2.75, 3.05) is 13.6 Å². The van der Waals surface area contributed by atoms with E-state index in [4.69, 9.17) is 11.6 Å². The SMILES string of the molecule is Cc1csc(CN(C)C(=O)c2cccc(C(=O)N[C@@H](Cc3ccccc3)[C@H](O)CNCc3cccc(C(C)Cl)c3)c2)n1. The summed E-state index contributed by atoms with van der Waals surface area (Å²) in [5, 5.41) is 20.2. The summed E-state index contributed by atoms with van der Waals surface area (Å²) >= 11 is 7.74. The first-order chi connectivity index (χ1) is 20.2. The zero-order chi connectivity index (χ0) is 30.1. The van der Waals surface area contributed by atoms with E-state index in [1.54, 1.807) is 36.2 Å². The number of amides is 2. The van der Waals surface area contributed by atoms with Gasteiger partial charge in [-0.1, -0.05) is 60.7 Å². The highest BCUT2D eigenvalue weighted by atomic mass is 35.5. The molecule has 220 valence electrons. The molecule has 1 heterocycles. The summed E-state index contributed by atoms with van der Waals surface area (Å²) < 4.78 is 0. The topological polar surface area (TPSA) is 94.6 Å². The van der Waals surface area contributed by atoms with Crippen LogP contribution >= 0.6 is 22.9 Å². The van der Waals surface area contributed by atoms with Gasteiger partial charge in [0.1, 0.15) is 5.01 Å². The Hall–Kier alpha value is -3.56.